The molecule has 1 rings (SSSR count). The third-order valence-corrected chi connectivity index (χ3v) is 2.04. The van der Waals surface area contributed by atoms with Crippen LogP contribution in [0.2, 0.25) is 0 Å². The number of hydrogen-bond donors (Lipinski definition) is 1. The quantitative estimate of drug-likeness (QED) is 0.472. The van der Waals surface area contributed by atoms with Gasteiger partial charge in [-0.3, -0.25) is 4.79 Å². The Hall–Kier alpha value is -0.830. The van der Waals surface area contributed by atoms with E-state index in [4.69, 9.17) is 5.11 Å². The van der Waals surface area contributed by atoms with Crippen LogP contribution in [0.15, 0.2) is 12.7 Å². The summed E-state index contributed by atoms with van der Waals surface area (Å²) >= 11 is 0. The van der Waals surface area contributed by atoms with Gasteiger partial charge in [0.15, 0.2) is 0 Å². The molecule has 0 spiro atoms. The van der Waals surface area contributed by atoms with Gasteiger partial charge in [0, 0.05) is 5.92 Å². The van der Waals surface area contributed by atoms with E-state index in [2.05, 4.69) is 11.3 Å². The van der Waals surface area contributed by atoms with Crippen molar-refractivity contribution < 1.29 is 14.6 Å². The number of hydrogen-bond acceptors (Lipinski definition) is 3. The predicted molar refractivity (Wildman–Crippen MR) is 39.6 cm³/mol. The van der Waals surface area contributed by atoms with Crippen molar-refractivity contribution in [3.05, 3.63) is 12.7 Å². The summed E-state index contributed by atoms with van der Waals surface area (Å²) in [5.74, 6) is -0.632. The Labute approximate surface area is 65.7 Å². The third-order valence-electron chi connectivity index (χ3n) is 2.04. The summed E-state index contributed by atoms with van der Waals surface area (Å²) in [4.78, 5) is 11.0. The van der Waals surface area contributed by atoms with Gasteiger partial charge < -0.3 is 9.84 Å². The van der Waals surface area contributed by atoms with Crippen LogP contribution in [0.3, 0.4) is 0 Å². The van der Waals surface area contributed by atoms with Gasteiger partial charge in [0.25, 0.3) is 0 Å². The first-order valence-corrected chi connectivity index (χ1v) is 3.66. The Morgan fingerprint density at radius 1 is 1.82 bits per heavy atom. The minimum Gasteiger partial charge on any atom is -0.435 e. The normalized spacial score (nSPS) is 36.9. The first-order valence-electron chi connectivity index (χ1n) is 3.66. The summed E-state index contributed by atoms with van der Waals surface area (Å²) < 4.78 is 4.61. The van der Waals surface area contributed by atoms with Crippen LogP contribution in [0.25, 0.3) is 0 Å². The Morgan fingerprint density at radius 2 is 2.45 bits per heavy atom. The van der Waals surface area contributed by atoms with Crippen molar-refractivity contribution in [1.29, 1.82) is 0 Å². The highest BCUT2D eigenvalue weighted by atomic mass is 16.6. The van der Waals surface area contributed by atoms with Crippen LogP contribution in [0.4, 0.5) is 0 Å². The highest BCUT2D eigenvalue weighted by Crippen LogP contribution is 2.28. The van der Waals surface area contributed by atoms with Gasteiger partial charge in [-0.2, -0.15) is 0 Å². The van der Waals surface area contributed by atoms with E-state index < -0.39 is 6.29 Å². The topological polar surface area (TPSA) is 46.5 Å². The van der Waals surface area contributed by atoms with E-state index in [1.165, 1.54) is 0 Å². The van der Waals surface area contributed by atoms with Crippen LogP contribution in [0.1, 0.15) is 13.3 Å². The molecule has 3 unspecified atom stereocenters. The molecule has 0 aromatic rings. The smallest absolute Gasteiger partial charge is 0.312 e. The molecule has 0 aromatic carbocycles. The molecule has 0 radical (unpaired) electrons. The van der Waals surface area contributed by atoms with E-state index in [-0.39, 0.29) is 17.8 Å². The Bertz CT molecular complexity index is 176. The van der Waals surface area contributed by atoms with E-state index in [0.29, 0.717) is 6.42 Å². The molecular formula is C8H12O3. The van der Waals surface area contributed by atoms with Gasteiger partial charge in [0.05, 0.1) is 5.92 Å². The van der Waals surface area contributed by atoms with Crippen molar-refractivity contribution in [2.24, 2.45) is 11.8 Å². The average Bonchev–Trinajstić information content (AvgIpc) is 2.17. The fourth-order valence-corrected chi connectivity index (χ4v) is 1.22. The molecule has 62 valence electrons. The van der Waals surface area contributed by atoms with Gasteiger partial charge in [0.1, 0.15) is 0 Å². The SMILES string of the molecule is C=CCC1C(=O)OC(O)C1C. The largest absolute Gasteiger partial charge is 0.435 e. The second-order valence-corrected chi connectivity index (χ2v) is 2.82. The number of allylic oxidation sites excluding steroid dienone is 1. The van der Waals surface area contributed by atoms with E-state index in [0.717, 1.165) is 0 Å². The molecule has 0 amide bonds. The van der Waals surface area contributed by atoms with Crippen molar-refractivity contribution in [2.75, 3.05) is 0 Å². The van der Waals surface area contributed by atoms with Crippen LogP contribution in [0, 0.1) is 11.8 Å². The van der Waals surface area contributed by atoms with Crippen LogP contribution < -0.4 is 0 Å². The zero-order chi connectivity index (χ0) is 8.43. The zero-order valence-electron chi connectivity index (χ0n) is 6.49. The second kappa shape index (κ2) is 3.05. The minimum atomic E-state index is -0.924. The molecule has 0 aromatic heterocycles. The number of aliphatic hydroxyl groups is 1. The van der Waals surface area contributed by atoms with Crippen LogP contribution in [0.5, 0.6) is 0 Å². The Morgan fingerprint density at radius 3 is 2.82 bits per heavy atom. The summed E-state index contributed by atoms with van der Waals surface area (Å²) in [6, 6.07) is 0. The van der Waals surface area contributed by atoms with Gasteiger partial charge in [0.2, 0.25) is 6.29 Å². The van der Waals surface area contributed by atoms with Crippen molar-refractivity contribution in [3.63, 3.8) is 0 Å². The maximum atomic E-state index is 11.0. The lowest BCUT2D eigenvalue weighted by molar-refractivity contribution is -0.156. The molecule has 3 heteroatoms. The summed E-state index contributed by atoms with van der Waals surface area (Å²) in [5.41, 5.74) is 0. The van der Waals surface area contributed by atoms with E-state index in [1.54, 1.807) is 13.0 Å². The number of esters is 1. The fourth-order valence-electron chi connectivity index (χ4n) is 1.22. The summed E-state index contributed by atoms with van der Waals surface area (Å²) in [7, 11) is 0. The van der Waals surface area contributed by atoms with Gasteiger partial charge in [-0.15, -0.1) is 6.58 Å². The third kappa shape index (κ3) is 1.43. The molecule has 0 bridgehead atoms. The van der Waals surface area contributed by atoms with Crippen LogP contribution in [-0.2, 0) is 9.53 Å². The predicted octanol–water partition coefficient (Wildman–Crippen LogP) is 0.690. The summed E-state index contributed by atoms with van der Waals surface area (Å²) in [5, 5.41) is 9.09. The molecule has 1 heterocycles. The maximum absolute atomic E-state index is 11.0. The number of ether oxygens (including phenoxy) is 1. The highest BCUT2D eigenvalue weighted by Gasteiger charge is 2.39. The lowest BCUT2D eigenvalue weighted by Crippen LogP contribution is -2.16. The van der Waals surface area contributed by atoms with Crippen molar-refractivity contribution in [2.45, 2.75) is 19.6 Å². The average molecular weight is 156 g/mol. The van der Waals surface area contributed by atoms with Crippen molar-refractivity contribution in [3.8, 4) is 0 Å². The zero-order valence-corrected chi connectivity index (χ0v) is 6.49. The first-order chi connectivity index (χ1) is 5.16. The standard InChI is InChI=1S/C8H12O3/c1-3-4-6-5(2)7(9)11-8(6)10/h3,5-7,9H,1,4H2,2H3. The molecule has 1 aliphatic rings. The molecular weight excluding hydrogens is 144 g/mol. The van der Waals surface area contributed by atoms with Crippen molar-refractivity contribution >= 4 is 5.97 Å². The molecule has 1 aliphatic heterocycles. The number of rotatable bonds is 2. The van der Waals surface area contributed by atoms with E-state index in [9.17, 15) is 4.79 Å². The van der Waals surface area contributed by atoms with Crippen molar-refractivity contribution in [1.82, 2.24) is 0 Å². The molecule has 0 aliphatic carbocycles. The summed E-state index contributed by atoms with van der Waals surface area (Å²) in [6.07, 6.45) is 1.32. The maximum Gasteiger partial charge on any atom is 0.312 e. The fraction of sp³-hybridized carbons (Fsp3) is 0.625. The first kappa shape index (κ1) is 8.27. The van der Waals surface area contributed by atoms with Gasteiger partial charge in [-0.05, 0) is 6.42 Å². The second-order valence-electron chi connectivity index (χ2n) is 2.82. The molecule has 1 N–H and O–H groups in total. The Kier molecular flexibility index (Phi) is 2.29. The van der Waals surface area contributed by atoms with Gasteiger partial charge in [-0.25, -0.2) is 0 Å². The number of cyclic esters (lactones) is 1. The number of carbonyl (C=O) groups excluding carboxylic acids is 1. The molecule has 1 fully saturated rings. The molecule has 3 atom stereocenters. The Balaban J connectivity index is 2.63. The molecule has 3 nitrogen and oxygen atoms in total. The molecule has 11 heavy (non-hydrogen) atoms. The summed E-state index contributed by atoms with van der Waals surface area (Å²) in [6.45, 7) is 5.32. The number of carbonyl (C=O) groups is 1. The minimum absolute atomic E-state index is 0.111. The van der Waals surface area contributed by atoms with Gasteiger partial charge >= 0.3 is 5.97 Å². The van der Waals surface area contributed by atoms with E-state index >= 15 is 0 Å². The lowest BCUT2D eigenvalue weighted by Gasteiger charge is -2.08. The lowest BCUT2D eigenvalue weighted by atomic mass is 9.93. The van der Waals surface area contributed by atoms with Crippen LogP contribution in [-0.4, -0.2) is 17.4 Å². The molecule has 1 saturated heterocycles. The highest BCUT2D eigenvalue weighted by molar-refractivity contribution is 5.75. The monoisotopic (exact) mass is 156 g/mol. The van der Waals surface area contributed by atoms with E-state index in [1.807, 2.05) is 0 Å². The van der Waals surface area contributed by atoms with Gasteiger partial charge in [-0.1, -0.05) is 13.0 Å². The van der Waals surface area contributed by atoms with Crippen LogP contribution >= 0.6 is 0 Å². The molecule has 0 saturated carbocycles. The number of aliphatic hydroxyl groups excluding tert-OH is 1.